The van der Waals surface area contributed by atoms with Crippen molar-refractivity contribution in [2.75, 3.05) is 11.6 Å². The third kappa shape index (κ3) is 3.56. The van der Waals surface area contributed by atoms with Crippen LogP contribution in [0, 0.1) is 10.8 Å². The average molecular weight is 354 g/mol. The zero-order chi connectivity index (χ0) is 18.5. The number of hydrogen-bond donors (Lipinski definition) is 2. The number of aromatic nitrogens is 1. The van der Waals surface area contributed by atoms with E-state index in [9.17, 15) is 4.39 Å². The highest BCUT2D eigenvalue weighted by molar-refractivity contribution is 5.97. The minimum absolute atomic E-state index is 0.456. The van der Waals surface area contributed by atoms with E-state index in [2.05, 4.69) is 4.98 Å². The molecule has 7 heteroatoms. The number of fused-ring (bicyclic) bond motifs is 1. The van der Waals surface area contributed by atoms with E-state index in [0.29, 0.717) is 34.8 Å². The quantitative estimate of drug-likeness (QED) is 0.456. The lowest BCUT2D eigenvalue weighted by Crippen LogP contribution is -2.17. The highest BCUT2D eigenvalue weighted by Gasteiger charge is 2.12. The Morgan fingerprint density at radius 2 is 1.92 bits per heavy atom. The fraction of sp³-hybridized carbons (Fsp3) is 0.211. The Labute approximate surface area is 150 Å². The third-order valence-electron chi connectivity index (χ3n) is 3.98. The second-order valence-corrected chi connectivity index (χ2v) is 5.66. The molecule has 3 aromatic rings. The number of benzene rings is 2. The molecule has 3 rings (SSSR count). The Morgan fingerprint density at radius 1 is 1.19 bits per heavy atom. The molecule has 0 fully saturated rings. The van der Waals surface area contributed by atoms with Gasteiger partial charge in [0.2, 0.25) is 5.89 Å². The molecule has 1 atom stereocenters. The zero-order valence-corrected chi connectivity index (χ0v) is 14.3. The van der Waals surface area contributed by atoms with Gasteiger partial charge in [0.15, 0.2) is 5.58 Å². The zero-order valence-electron chi connectivity index (χ0n) is 14.3. The standard InChI is InChI=1S/C19H19FN4O2/c1-2-15(10-20)25-16-7-8-17-18(9-16)26-19(23-17)13-3-5-14(6-4-13)24(11-21)12-22/h3-9,11-12,15,21-22H,2,10H2,1H3. The Balaban J connectivity index is 1.86. The molecule has 26 heavy (non-hydrogen) atoms. The molecule has 2 N–H and O–H groups in total. The number of anilines is 1. The molecule has 0 spiro atoms. The monoisotopic (exact) mass is 354 g/mol. The summed E-state index contributed by atoms with van der Waals surface area (Å²) in [7, 11) is 0. The van der Waals surface area contributed by atoms with E-state index >= 15 is 0 Å². The van der Waals surface area contributed by atoms with Crippen LogP contribution < -0.4 is 9.64 Å². The SMILES string of the molecule is CCC(CF)Oc1ccc2nc(-c3ccc(N(C=N)C=N)cc3)oc2c1. The summed E-state index contributed by atoms with van der Waals surface area (Å²) < 4.78 is 24.2. The van der Waals surface area contributed by atoms with Crippen molar-refractivity contribution in [3.8, 4) is 17.2 Å². The Hall–Kier alpha value is -3.22. The largest absolute Gasteiger partial charge is 0.488 e. The fourth-order valence-electron chi connectivity index (χ4n) is 2.48. The lowest BCUT2D eigenvalue weighted by Gasteiger charge is -2.13. The number of nitrogens with zero attached hydrogens (tertiary/aromatic N) is 2. The van der Waals surface area contributed by atoms with Gasteiger partial charge in [-0.25, -0.2) is 9.37 Å². The van der Waals surface area contributed by atoms with Gasteiger partial charge in [-0.05, 0) is 42.8 Å². The van der Waals surface area contributed by atoms with Crippen LogP contribution in [0.3, 0.4) is 0 Å². The van der Waals surface area contributed by atoms with Gasteiger partial charge in [0, 0.05) is 17.3 Å². The van der Waals surface area contributed by atoms with Crippen LogP contribution in [-0.4, -0.2) is 30.4 Å². The summed E-state index contributed by atoms with van der Waals surface area (Å²) in [6.45, 7) is 1.34. The maximum Gasteiger partial charge on any atom is 0.227 e. The van der Waals surface area contributed by atoms with Crippen LogP contribution >= 0.6 is 0 Å². The highest BCUT2D eigenvalue weighted by Crippen LogP contribution is 2.28. The fourth-order valence-corrected chi connectivity index (χ4v) is 2.48. The van der Waals surface area contributed by atoms with E-state index in [0.717, 1.165) is 18.2 Å². The molecule has 0 saturated carbocycles. The second-order valence-electron chi connectivity index (χ2n) is 5.66. The molecule has 1 heterocycles. The average Bonchev–Trinajstić information content (AvgIpc) is 3.11. The normalized spacial score (nSPS) is 11.9. The molecule has 0 aliphatic carbocycles. The van der Waals surface area contributed by atoms with Crippen molar-refractivity contribution in [3.05, 3.63) is 42.5 Å². The van der Waals surface area contributed by atoms with Crippen LogP contribution in [0.2, 0.25) is 0 Å². The molecule has 134 valence electrons. The minimum atomic E-state index is -0.537. The van der Waals surface area contributed by atoms with Crippen molar-refractivity contribution in [1.29, 1.82) is 10.8 Å². The summed E-state index contributed by atoms with van der Waals surface area (Å²) in [6.07, 6.45) is 2.24. The van der Waals surface area contributed by atoms with Crippen molar-refractivity contribution in [1.82, 2.24) is 4.98 Å². The summed E-state index contributed by atoms with van der Waals surface area (Å²) in [5, 5.41) is 14.5. The van der Waals surface area contributed by atoms with Crippen LogP contribution in [-0.2, 0) is 0 Å². The van der Waals surface area contributed by atoms with Gasteiger partial charge in [0.25, 0.3) is 0 Å². The lowest BCUT2D eigenvalue weighted by molar-refractivity contribution is 0.160. The van der Waals surface area contributed by atoms with Crippen LogP contribution in [0.4, 0.5) is 10.1 Å². The van der Waals surface area contributed by atoms with Gasteiger partial charge in [0.05, 0.1) is 12.7 Å². The molecule has 1 unspecified atom stereocenters. The van der Waals surface area contributed by atoms with Crippen molar-refractivity contribution in [2.24, 2.45) is 0 Å². The molecular formula is C19H19FN4O2. The molecule has 0 radical (unpaired) electrons. The van der Waals surface area contributed by atoms with Gasteiger partial charge in [-0.3, -0.25) is 15.7 Å². The molecule has 6 nitrogen and oxygen atoms in total. The first-order valence-electron chi connectivity index (χ1n) is 8.21. The highest BCUT2D eigenvalue weighted by atomic mass is 19.1. The van der Waals surface area contributed by atoms with Gasteiger partial charge in [-0.2, -0.15) is 0 Å². The number of hydrogen-bond acceptors (Lipinski definition) is 5. The maximum atomic E-state index is 12.8. The van der Waals surface area contributed by atoms with E-state index in [1.807, 2.05) is 19.1 Å². The number of ether oxygens (including phenoxy) is 1. The minimum Gasteiger partial charge on any atom is -0.488 e. The predicted octanol–water partition coefficient (Wildman–Crippen LogP) is 4.64. The number of oxazole rings is 1. The number of rotatable bonds is 8. The maximum absolute atomic E-state index is 12.8. The van der Waals surface area contributed by atoms with E-state index in [4.69, 9.17) is 20.0 Å². The summed E-state index contributed by atoms with van der Waals surface area (Å²) in [5.74, 6) is 1.00. The van der Waals surface area contributed by atoms with Gasteiger partial charge in [-0.15, -0.1) is 0 Å². The van der Waals surface area contributed by atoms with Crippen LogP contribution in [0.1, 0.15) is 13.3 Å². The Bertz CT molecular complexity index is 896. The summed E-state index contributed by atoms with van der Waals surface area (Å²) >= 11 is 0. The first kappa shape index (κ1) is 17.6. The molecule has 0 saturated heterocycles. The first-order chi connectivity index (χ1) is 12.7. The Morgan fingerprint density at radius 3 is 2.54 bits per heavy atom. The molecular weight excluding hydrogens is 335 g/mol. The molecule has 0 bridgehead atoms. The number of alkyl halides is 1. The topological polar surface area (TPSA) is 86.2 Å². The smallest absolute Gasteiger partial charge is 0.227 e. The predicted molar refractivity (Wildman–Crippen MR) is 100 cm³/mol. The Kier molecular flexibility index (Phi) is 5.26. The number of nitrogens with one attached hydrogen (secondary N) is 2. The van der Waals surface area contributed by atoms with Gasteiger partial charge >= 0.3 is 0 Å². The molecule has 2 aromatic carbocycles. The molecule has 0 aliphatic rings. The summed E-state index contributed by atoms with van der Waals surface area (Å²) in [4.78, 5) is 5.83. The van der Waals surface area contributed by atoms with Gasteiger partial charge in [-0.1, -0.05) is 6.92 Å². The van der Waals surface area contributed by atoms with E-state index < -0.39 is 12.8 Å². The van der Waals surface area contributed by atoms with Crippen LogP contribution in [0.15, 0.2) is 46.9 Å². The van der Waals surface area contributed by atoms with Crippen molar-refractivity contribution in [3.63, 3.8) is 0 Å². The van der Waals surface area contributed by atoms with Crippen molar-refractivity contribution < 1.29 is 13.5 Å². The van der Waals surface area contributed by atoms with Gasteiger partial charge in [0.1, 0.15) is 24.0 Å². The van der Waals surface area contributed by atoms with E-state index in [-0.39, 0.29) is 0 Å². The molecule has 0 aliphatic heterocycles. The lowest BCUT2D eigenvalue weighted by atomic mass is 10.2. The number of halogens is 1. The summed E-state index contributed by atoms with van der Waals surface area (Å²) in [6, 6.07) is 12.4. The van der Waals surface area contributed by atoms with Crippen molar-refractivity contribution in [2.45, 2.75) is 19.4 Å². The molecule has 0 amide bonds. The first-order valence-corrected chi connectivity index (χ1v) is 8.21. The third-order valence-corrected chi connectivity index (χ3v) is 3.98. The van der Waals surface area contributed by atoms with E-state index in [1.54, 1.807) is 30.3 Å². The summed E-state index contributed by atoms with van der Waals surface area (Å²) in [5.41, 5.74) is 2.72. The molecule has 1 aromatic heterocycles. The van der Waals surface area contributed by atoms with Crippen molar-refractivity contribution >= 4 is 29.5 Å². The van der Waals surface area contributed by atoms with E-state index in [1.165, 1.54) is 4.90 Å². The second kappa shape index (κ2) is 7.77. The van der Waals surface area contributed by atoms with Gasteiger partial charge < -0.3 is 9.15 Å². The van der Waals surface area contributed by atoms with Crippen LogP contribution in [0.25, 0.3) is 22.6 Å². The van der Waals surface area contributed by atoms with Crippen LogP contribution in [0.5, 0.6) is 5.75 Å².